The Morgan fingerprint density at radius 3 is 2.81 bits per heavy atom. The normalized spacial score (nSPS) is 21.3. The van der Waals surface area contributed by atoms with Gasteiger partial charge in [0.1, 0.15) is 5.82 Å². The number of hydrogen-bond donors (Lipinski definition) is 1. The van der Waals surface area contributed by atoms with E-state index in [1.165, 1.54) is 0 Å². The number of aromatic nitrogens is 3. The van der Waals surface area contributed by atoms with Gasteiger partial charge >= 0.3 is 0 Å². The number of amides is 1. The molecule has 0 aromatic carbocycles. The standard InChI is InChI=1S/C18H22N4O3S/c1-12-5-4-8-16(19-12)20-18(23)17-14-6-2-3-7-15(14)22(21-17)13-9-10-26(24,25)11-13/h4-5,8,13H,2-3,6-7,9-11H2,1H3,(H,19,20,23). The molecule has 1 atom stereocenters. The van der Waals surface area contributed by atoms with Gasteiger partial charge in [0.2, 0.25) is 0 Å². The maximum atomic E-state index is 12.8. The maximum absolute atomic E-state index is 12.8. The predicted molar refractivity (Wildman–Crippen MR) is 98.1 cm³/mol. The summed E-state index contributed by atoms with van der Waals surface area (Å²) in [5.74, 6) is 0.529. The molecule has 1 saturated heterocycles. The van der Waals surface area contributed by atoms with Crippen molar-refractivity contribution in [2.45, 2.75) is 45.1 Å². The summed E-state index contributed by atoms with van der Waals surface area (Å²) in [5, 5.41) is 7.40. The lowest BCUT2D eigenvalue weighted by Gasteiger charge is -2.17. The van der Waals surface area contributed by atoms with Crippen molar-refractivity contribution in [1.29, 1.82) is 0 Å². The fourth-order valence-corrected chi connectivity index (χ4v) is 5.56. The van der Waals surface area contributed by atoms with Crippen LogP contribution in [0.15, 0.2) is 18.2 Å². The minimum atomic E-state index is -3.01. The van der Waals surface area contributed by atoms with Crippen molar-refractivity contribution in [3.8, 4) is 0 Å². The van der Waals surface area contributed by atoms with Gasteiger partial charge in [-0.25, -0.2) is 13.4 Å². The molecule has 7 nitrogen and oxygen atoms in total. The van der Waals surface area contributed by atoms with Gasteiger partial charge in [0, 0.05) is 17.0 Å². The monoisotopic (exact) mass is 374 g/mol. The first-order chi connectivity index (χ1) is 12.4. The van der Waals surface area contributed by atoms with E-state index in [0.29, 0.717) is 17.9 Å². The number of fused-ring (bicyclic) bond motifs is 1. The molecule has 1 amide bonds. The Morgan fingerprint density at radius 2 is 2.08 bits per heavy atom. The summed E-state index contributed by atoms with van der Waals surface area (Å²) < 4.78 is 25.6. The lowest BCUT2D eigenvalue weighted by atomic mass is 9.95. The molecule has 1 fully saturated rings. The molecule has 1 aliphatic heterocycles. The second kappa shape index (κ2) is 6.50. The van der Waals surface area contributed by atoms with Crippen molar-refractivity contribution in [2.75, 3.05) is 16.8 Å². The van der Waals surface area contributed by atoms with Crippen molar-refractivity contribution < 1.29 is 13.2 Å². The highest BCUT2D eigenvalue weighted by molar-refractivity contribution is 7.91. The Kier molecular flexibility index (Phi) is 4.30. The van der Waals surface area contributed by atoms with Crippen LogP contribution < -0.4 is 5.32 Å². The number of carbonyl (C=O) groups excluding carboxylic acids is 1. The Hall–Kier alpha value is -2.22. The number of pyridine rings is 1. The minimum Gasteiger partial charge on any atom is -0.305 e. The van der Waals surface area contributed by atoms with E-state index < -0.39 is 9.84 Å². The number of aryl methyl sites for hydroxylation is 1. The lowest BCUT2D eigenvalue weighted by molar-refractivity contribution is 0.102. The quantitative estimate of drug-likeness (QED) is 0.888. The highest BCUT2D eigenvalue weighted by Crippen LogP contribution is 2.31. The highest BCUT2D eigenvalue weighted by atomic mass is 32.2. The molecular weight excluding hydrogens is 352 g/mol. The number of rotatable bonds is 3. The van der Waals surface area contributed by atoms with E-state index in [1.54, 1.807) is 6.07 Å². The van der Waals surface area contributed by atoms with E-state index >= 15 is 0 Å². The third-order valence-corrected chi connectivity index (χ3v) is 6.86. The van der Waals surface area contributed by atoms with E-state index in [-0.39, 0.29) is 23.5 Å². The van der Waals surface area contributed by atoms with E-state index in [1.807, 2.05) is 23.7 Å². The Balaban J connectivity index is 1.67. The molecule has 0 spiro atoms. The Morgan fingerprint density at radius 1 is 1.27 bits per heavy atom. The molecule has 26 heavy (non-hydrogen) atoms. The summed E-state index contributed by atoms with van der Waals surface area (Å²) in [7, 11) is -3.01. The van der Waals surface area contributed by atoms with Gasteiger partial charge < -0.3 is 5.32 Å². The van der Waals surface area contributed by atoms with Crippen molar-refractivity contribution in [3.63, 3.8) is 0 Å². The summed E-state index contributed by atoms with van der Waals surface area (Å²) in [6, 6.07) is 5.30. The van der Waals surface area contributed by atoms with Gasteiger partial charge in [-0.05, 0) is 51.2 Å². The fourth-order valence-electron chi connectivity index (χ4n) is 3.87. The molecule has 8 heteroatoms. The zero-order chi connectivity index (χ0) is 18.3. The molecule has 0 saturated carbocycles. The minimum absolute atomic E-state index is 0.113. The van der Waals surface area contributed by atoms with Crippen LogP contribution in [0.25, 0.3) is 0 Å². The zero-order valence-electron chi connectivity index (χ0n) is 14.7. The van der Waals surface area contributed by atoms with Gasteiger partial charge in [-0.2, -0.15) is 5.10 Å². The molecule has 2 aromatic heterocycles. The topological polar surface area (TPSA) is 94.0 Å². The molecule has 0 bridgehead atoms. The third kappa shape index (κ3) is 3.25. The van der Waals surface area contributed by atoms with Crippen molar-refractivity contribution >= 4 is 21.6 Å². The summed E-state index contributed by atoms with van der Waals surface area (Å²) in [6.07, 6.45) is 4.27. The first kappa shape index (κ1) is 17.2. The predicted octanol–water partition coefficient (Wildman–Crippen LogP) is 2.08. The van der Waals surface area contributed by atoms with E-state index in [0.717, 1.165) is 42.6 Å². The highest BCUT2D eigenvalue weighted by Gasteiger charge is 2.34. The maximum Gasteiger partial charge on any atom is 0.277 e. The van der Waals surface area contributed by atoms with Crippen LogP contribution >= 0.6 is 0 Å². The molecule has 2 aromatic rings. The van der Waals surface area contributed by atoms with E-state index in [2.05, 4.69) is 15.4 Å². The van der Waals surface area contributed by atoms with Crippen molar-refractivity contribution in [2.24, 2.45) is 0 Å². The number of nitrogens with zero attached hydrogens (tertiary/aromatic N) is 3. The van der Waals surface area contributed by atoms with Crippen molar-refractivity contribution in [3.05, 3.63) is 40.8 Å². The molecule has 1 unspecified atom stereocenters. The SMILES string of the molecule is Cc1cccc(NC(=O)c2nn(C3CCS(=O)(=O)C3)c3c2CCCC3)n1. The van der Waals surface area contributed by atoms with Gasteiger partial charge in [0.25, 0.3) is 5.91 Å². The van der Waals surface area contributed by atoms with Crippen LogP contribution in [0.5, 0.6) is 0 Å². The molecule has 3 heterocycles. The van der Waals surface area contributed by atoms with Gasteiger partial charge in [0.15, 0.2) is 15.5 Å². The van der Waals surface area contributed by atoms with Gasteiger partial charge in [0.05, 0.1) is 17.5 Å². The molecule has 4 rings (SSSR count). The van der Waals surface area contributed by atoms with Gasteiger partial charge in [-0.3, -0.25) is 9.48 Å². The molecule has 1 N–H and O–H groups in total. The number of anilines is 1. The van der Waals surface area contributed by atoms with E-state index in [4.69, 9.17) is 0 Å². The third-order valence-electron chi connectivity index (χ3n) is 5.11. The summed E-state index contributed by atoms with van der Waals surface area (Å²) in [4.78, 5) is 17.1. The zero-order valence-corrected chi connectivity index (χ0v) is 15.6. The average molecular weight is 374 g/mol. The first-order valence-corrected chi connectivity index (χ1v) is 10.8. The molecular formula is C18H22N4O3S. The summed E-state index contributed by atoms with van der Waals surface area (Å²) in [6.45, 7) is 1.87. The fraction of sp³-hybridized carbons (Fsp3) is 0.500. The van der Waals surface area contributed by atoms with Crippen LogP contribution in [0.1, 0.15) is 52.7 Å². The smallest absolute Gasteiger partial charge is 0.277 e. The van der Waals surface area contributed by atoms with Crippen LogP contribution in [-0.2, 0) is 22.7 Å². The first-order valence-electron chi connectivity index (χ1n) is 8.99. The van der Waals surface area contributed by atoms with Crippen LogP contribution in [0.4, 0.5) is 5.82 Å². The van der Waals surface area contributed by atoms with Crippen LogP contribution in [0.3, 0.4) is 0 Å². The second-order valence-corrected chi connectivity index (χ2v) is 9.33. The summed E-state index contributed by atoms with van der Waals surface area (Å²) >= 11 is 0. The number of carbonyl (C=O) groups is 1. The second-order valence-electron chi connectivity index (χ2n) is 7.10. The molecule has 0 radical (unpaired) electrons. The Bertz CT molecular complexity index is 965. The largest absolute Gasteiger partial charge is 0.305 e. The summed E-state index contributed by atoms with van der Waals surface area (Å²) in [5.41, 5.74) is 3.23. The lowest BCUT2D eigenvalue weighted by Crippen LogP contribution is -2.17. The number of nitrogens with one attached hydrogen (secondary N) is 1. The van der Waals surface area contributed by atoms with Crippen molar-refractivity contribution in [1.82, 2.24) is 14.8 Å². The van der Waals surface area contributed by atoms with Crippen LogP contribution in [-0.4, -0.2) is 40.6 Å². The van der Waals surface area contributed by atoms with Crippen LogP contribution in [0, 0.1) is 6.92 Å². The van der Waals surface area contributed by atoms with Crippen LogP contribution in [0.2, 0.25) is 0 Å². The average Bonchev–Trinajstić information content (AvgIpc) is 3.15. The van der Waals surface area contributed by atoms with E-state index in [9.17, 15) is 13.2 Å². The molecule has 138 valence electrons. The van der Waals surface area contributed by atoms with Gasteiger partial charge in [-0.1, -0.05) is 6.07 Å². The molecule has 2 aliphatic rings. The number of hydrogen-bond acceptors (Lipinski definition) is 5. The number of sulfone groups is 1. The Labute approximate surface area is 152 Å². The van der Waals surface area contributed by atoms with Gasteiger partial charge in [-0.15, -0.1) is 0 Å². The molecule has 1 aliphatic carbocycles.